The molecule has 0 spiro atoms. The molecule has 7 heteroatoms. The third kappa shape index (κ3) is 4.06. The Hall–Kier alpha value is -1.37. The molecular weight excluding hydrogens is 312 g/mol. The van der Waals surface area contributed by atoms with Gasteiger partial charge >= 0.3 is 0 Å². The molecule has 0 aliphatic carbocycles. The first kappa shape index (κ1) is 16.0. The van der Waals surface area contributed by atoms with Crippen molar-refractivity contribution in [2.24, 2.45) is 5.73 Å². The molecule has 21 heavy (non-hydrogen) atoms. The Morgan fingerprint density at radius 2 is 2.14 bits per heavy atom. The molecule has 1 aromatic carbocycles. The van der Waals surface area contributed by atoms with Gasteiger partial charge in [0.25, 0.3) is 5.91 Å². The Kier molecular flexibility index (Phi) is 5.39. The molecule has 0 saturated carbocycles. The van der Waals surface area contributed by atoms with Gasteiger partial charge in [-0.3, -0.25) is 4.79 Å². The molecule has 1 aromatic rings. The van der Waals surface area contributed by atoms with Crippen LogP contribution >= 0.6 is 23.8 Å². The van der Waals surface area contributed by atoms with Crippen LogP contribution in [0.3, 0.4) is 0 Å². The monoisotopic (exact) mass is 328 g/mol. The first-order valence-corrected chi connectivity index (χ1v) is 7.40. The standard InChI is InChI=1S/C14H17ClN2O3S/c1-9(14(18)17-4-6-19-7-5-17)20-10-2-3-11(13(16)21)12(15)8-10/h2-3,8-9H,4-7H2,1H3,(H2,16,21). The van der Waals surface area contributed by atoms with Crippen molar-refractivity contribution in [2.45, 2.75) is 13.0 Å². The number of hydrogen-bond acceptors (Lipinski definition) is 4. The van der Waals surface area contributed by atoms with Gasteiger partial charge in [-0.15, -0.1) is 0 Å². The van der Waals surface area contributed by atoms with E-state index in [9.17, 15) is 4.79 Å². The molecule has 1 saturated heterocycles. The van der Waals surface area contributed by atoms with Crippen LogP contribution in [-0.2, 0) is 9.53 Å². The van der Waals surface area contributed by atoms with E-state index in [1.54, 1.807) is 30.0 Å². The molecule has 2 N–H and O–H groups in total. The zero-order valence-electron chi connectivity index (χ0n) is 11.7. The lowest BCUT2D eigenvalue weighted by Gasteiger charge is -2.29. The molecule has 1 aliphatic heterocycles. The van der Waals surface area contributed by atoms with E-state index in [4.69, 9.17) is 39.0 Å². The van der Waals surface area contributed by atoms with Crippen LogP contribution in [0.1, 0.15) is 12.5 Å². The van der Waals surface area contributed by atoms with Crippen molar-refractivity contribution in [1.29, 1.82) is 0 Å². The number of thiocarbonyl (C=S) groups is 1. The lowest BCUT2D eigenvalue weighted by Crippen LogP contribution is -2.46. The van der Waals surface area contributed by atoms with Crippen LogP contribution in [0.5, 0.6) is 5.75 Å². The summed E-state index contributed by atoms with van der Waals surface area (Å²) in [6.07, 6.45) is -0.588. The van der Waals surface area contributed by atoms with Gasteiger partial charge in [0, 0.05) is 18.7 Å². The summed E-state index contributed by atoms with van der Waals surface area (Å²) >= 11 is 11.0. The van der Waals surface area contributed by atoms with E-state index in [1.807, 2.05) is 0 Å². The Balaban J connectivity index is 2.01. The van der Waals surface area contributed by atoms with Crippen molar-refractivity contribution < 1.29 is 14.3 Å². The molecule has 1 unspecified atom stereocenters. The third-order valence-corrected chi connectivity index (χ3v) is 3.72. The smallest absolute Gasteiger partial charge is 0.263 e. The van der Waals surface area contributed by atoms with Gasteiger partial charge in [-0.2, -0.15) is 0 Å². The van der Waals surface area contributed by atoms with Gasteiger partial charge in [-0.05, 0) is 25.1 Å². The van der Waals surface area contributed by atoms with Gasteiger partial charge in [0.05, 0.1) is 18.2 Å². The Morgan fingerprint density at radius 3 is 2.71 bits per heavy atom. The summed E-state index contributed by atoms with van der Waals surface area (Å²) in [4.78, 5) is 14.2. The quantitative estimate of drug-likeness (QED) is 0.851. The number of rotatable bonds is 4. The highest BCUT2D eigenvalue weighted by Crippen LogP contribution is 2.23. The molecule has 114 valence electrons. The lowest BCUT2D eigenvalue weighted by molar-refractivity contribution is -0.142. The molecule has 1 heterocycles. The van der Waals surface area contributed by atoms with Crippen molar-refractivity contribution >= 4 is 34.7 Å². The van der Waals surface area contributed by atoms with Crippen LogP contribution in [-0.4, -0.2) is 48.2 Å². The SMILES string of the molecule is CC(Oc1ccc(C(N)=S)c(Cl)c1)C(=O)N1CCOCC1. The zero-order valence-corrected chi connectivity index (χ0v) is 13.2. The molecule has 5 nitrogen and oxygen atoms in total. The fourth-order valence-electron chi connectivity index (χ4n) is 2.06. The normalized spacial score (nSPS) is 16.4. The van der Waals surface area contributed by atoms with E-state index in [2.05, 4.69) is 0 Å². The van der Waals surface area contributed by atoms with Crippen molar-refractivity contribution in [3.63, 3.8) is 0 Å². The van der Waals surface area contributed by atoms with E-state index in [0.29, 0.717) is 42.6 Å². The van der Waals surface area contributed by atoms with Crippen LogP contribution < -0.4 is 10.5 Å². The van der Waals surface area contributed by atoms with E-state index in [1.165, 1.54) is 0 Å². The van der Waals surface area contributed by atoms with Crippen molar-refractivity contribution in [1.82, 2.24) is 4.90 Å². The maximum absolute atomic E-state index is 12.2. The first-order valence-electron chi connectivity index (χ1n) is 6.61. The number of carbonyl (C=O) groups excluding carboxylic acids is 1. The largest absolute Gasteiger partial charge is 0.481 e. The van der Waals surface area contributed by atoms with E-state index >= 15 is 0 Å². The van der Waals surface area contributed by atoms with Gasteiger partial charge < -0.3 is 20.1 Å². The van der Waals surface area contributed by atoms with Crippen LogP contribution in [0.4, 0.5) is 0 Å². The van der Waals surface area contributed by atoms with Crippen LogP contribution in [0.25, 0.3) is 0 Å². The molecule has 0 radical (unpaired) electrons. The van der Waals surface area contributed by atoms with Gasteiger partial charge in [0.15, 0.2) is 6.10 Å². The topological polar surface area (TPSA) is 64.8 Å². The second-order valence-corrected chi connectivity index (χ2v) is 5.55. The van der Waals surface area contributed by atoms with Crippen molar-refractivity contribution in [3.8, 4) is 5.75 Å². The number of carbonyl (C=O) groups is 1. The minimum atomic E-state index is -0.588. The highest BCUT2D eigenvalue weighted by Gasteiger charge is 2.23. The van der Waals surface area contributed by atoms with Gasteiger partial charge in [-0.25, -0.2) is 0 Å². The van der Waals surface area contributed by atoms with Crippen LogP contribution in [0.15, 0.2) is 18.2 Å². The van der Waals surface area contributed by atoms with E-state index in [0.717, 1.165) is 0 Å². The summed E-state index contributed by atoms with van der Waals surface area (Å²) in [5.41, 5.74) is 6.13. The van der Waals surface area contributed by atoms with Gasteiger partial charge in [0.1, 0.15) is 10.7 Å². The number of nitrogens with two attached hydrogens (primary N) is 1. The number of benzene rings is 1. The summed E-state index contributed by atoms with van der Waals surface area (Å²) in [6.45, 7) is 4.02. The fourth-order valence-corrected chi connectivity index (χ4v) is 2.57. The van der Waals surface area contributed by atoms with Crippen molar-refractivity contribution in [3.05, 3.63) is 28.8 Å². The summed E-state index contributed by atoms with van der Waals surface area (Å²) < 4.78 is 10.9. The Bertz CT molecular complexity index is 547. The fraction of sp³-hybridized carbons (Fsp3) is 0.429. The van der Waals surface area contributed by atoms with Gasteiger partial charge in [-0.1, -0.05) is 23.8 Å². The van der Waals surface area contributed by atoms with Crippen LogP contribution in [0, 0.1) is 0 Å². The van der Waals surface area contributed by atoms with Gasteiger partial charge in [0.2, 0.25) is 0 Å². The third-order valence-electron chi connectivity index (χ3n) is 3.19. The highest BCUT2D eigenvalue weighted by molar-refractivity contribution is 7.80. The Labute approximate surface area is 133 Å². The maximum Gasteiger partial charge on any atom is 0.263 e. The summed E-state index contributed by atoms with van der Waals surface area (Å²) in [5.74, 6) is 0.446. The highest BCUT2D eigenvalue weighted by atomic mass is 35.5. The molecule has 2 rings (SSSR count). The first-order chi connectivity index (χ1) is 9.99. The molecule has 1 amide bonds. The number of morpholine rings is 1. The summed E-state index contributed by atoms with van der Waals surface area (Å²) in [6, 6.07) is 4.99. The molecule has 0 bridgehead atoms. The average Bonchev–Trinajstić information content (AvgIpc) is 2.47. The Morgan fingerprint density at radius 1 is 1.48 bits per heavy atom. The molecule has 0 aromatic heterocycles. The summed E-state index contributed by atoms with van der Waals surface area (Å²) in [7, 11) is 0. The molecule has 1 atom stereocenters. The number of hydrogen-bond donors (Lipinski definition) is 1. The minimum Gasteiger partial charge on any atom is -0.481 e. The van der Waals surface area contributed by atoms with E-state index < -0.39 is 6.10 Å². The summed E-state index contributed by atoms with van der Waals surface area (Å²) in [5, 5.41) is 0.408. The van der Waals surface area contributed by atoms with E-state index in [-0.39, 0.29) is 10.9 Å². The average molecular weight is 329 g/mol. The number of amides is 1. The number of ether oxygens (including phenoxy) is 2. The number of halogens is 1. The van der Waals surface area contributed by atoms with Crippen LogP contribution in [0.2, 0.25) is 5.02 Å². The number of nitrogens with zero attached hydrogens (tertiary/aromatic N) is 1. The predicted molar refractivity (Wildman–Crippen MR) is 84.8 cm³/mol. The maximum atomic E-state index is 12.2. The van der Waals surface area contributed by atoms with Crippen molar-refractivity contribution in [2.75, 3.05) is 26.3 Å². The second-order valence-electron chi connectivity index (χ2n) is 4.70. The minimum absolute atomic E-state index is 0.0622. The molecule has 1 aliphatic rings. The molecular formula is C14H17ClN2O3S. The molecule has 1 fully saturated rings. The zero-order chi connectivity index (χ0) is 15.4. The predicted octanol–water partition coefficient (Wildman–Crippen LogP) is 1.60. The lowest BCUT2D eigenvalue weighted by atomic mass is 10.2. The second kappa shape index (κ2) is 7.06.